The summed E-state index contributed by atoms with van der Waals surface area (Å²) in [7, 11) is 0. The predicted molar refractivity (Wildman–Crippen MR) is 68.1 cm³/mol. The van der Waals surface area contributed by atoms with Gasteiger partial charge in [0.15, 0.2) is 0 Å². The van der Waals surface area contributed by atoms with E-state index in [4.69, 9.17) is 4.74 Å². The normalized spacial score (nSPS) is 13.3. The van der Waals surface area contributed by atoms with Crippen LogP contribution in [0.4, 0.5) is 0 Å². The highest BCUT2D eigenvalue weighted by molar-refractivity contribution is 4.86. The third-order valence-corrected chi connectivity index (χ3v) is 2.32. The number of rotatable bonds is 7. The number of hydrogen-bond acceptors (Lipinski definition) is 1. The fraction of sp³-hybridized carbons (Fsp3) is 0.857. The molecule has 0 N–H and O–H groups in total. The van der Waals surface area contributed by atoms with Crippen molar-refractivity contribution in [1.82, 2.24) is 0 Å². The minimum Gasteiger partial charge on any atom is -0.378 e. The van der Waals surface area contributed by atoms with Crippen LogP contribution in [0.25, 0.3) is 0 Å². The first kappa shape index (κ1) is 14.7. The van der Waals surface area contributed by atoms with Gasteiger partial charge in [0.2, 0.25) is 0 Å². The summed E-state index contributed by atoms with van der Waals surface area (Å²) < 4.78 is 5.66. The lowest BCUT2D eigenvalue weighted by molar-refractivity contribution is 0.0186. The maximum atomic E-state index is 5.66. The molecule has 90 valence electrons. The van der Waals surface area contributed by atoms with Crippen molar-refractivity contribution in [3.63, 3.8) is 0 Å². The molecule has 0 saturated carbocycles. The van der Waals surface area contributed by atoms with E-state index in [1.54, 1.807) is 0 Å². The van der Waals surface area contributed by atoms with Gasteiger partial charge in [-0.3, -0.25) is 0 Å². The second-order valence-corrected chi connectivity index (χ2v) is 5.73. The zero-order chi connectivity index (χ0) is 11.9. The molecule has 0 rings (SSSR count). The van der Waals surface area contributed by atoms with Crippen LogP contribution in [0.3, 0.4) is 0 Å². The Kier molecular flexibility index (Phi) is 6.91. The Morgan fingerprint density at radius 2 is 1.73 bits per heavy atom. The first-order valence-corrected chi connectivity index (χ1v) is 6.12. The molecule has 15 heavy (non-hydrogen) atoms. The Morgan fingerprint density at radius 1 is 1.13 bits per heavy atom. The summed E-state index contributed by atoms with van der Waals surface area (Å²) in [6.07, 6.45) is 7.27. The highest BCUT2D eigenvalue weighted by atomic mass is 16.5. The van der Waals surface area contributed by atoms with Crippen molar-refractivity contribution in [1.29, 1.82) is 0 Å². The summed E-state index contributed by atoms with van der Waals surface area (Å²) in [5.74, 6) is 0.667. The van der Waals surface area contributed by atoms with Crippen molar-refractivity contribution in [2.24, 2.45) is 11.3 Å². The van der Waals surface area contributed by atoms with Crippen molar-refractivity contribution in [3.8, 4) is 0 Å². The molecular weight excluding hydrogens is 184 g/mol. The third kappa shape index (κ3) is 9.99. The summed E-state index contributed by atoms with van der Waals surface area (Å²) in [6, 6.07) is 0. The second kappa shape index (κ2) is 7.05. The lowest BCUT2D eigenvalue weighted by atomic mass is 9.88. The summed E-state index contributed by atoms with van der Waals surface area (Å²) in [4.78, 5) is 0. The van der Waals surface area contributed by atoms with Crippen LogP contribution >= 0.6 is 0 Å². The third-order valence-electron chi connectivity index (χ3n) is 2.32. The zero-order valence-corrected chi connectivity index (χ0v) is 11.3. The average Bonchev–Trinajstić information content (AvgIpc) is 2.09. The summed E-state index contributed by atoms with van der Waals surface area (Å²) in [6.45, 7) is 14.0. The molecule has 1 nitrogen and oxygen atoms in total. The van der Waals surface area contributed by atoms with Crippen LogP contribution in [0.2, 0.25) is 0 Å². The van der Waals surface area contributed by atoms with Gasteiger partial charge < -0.3 is 4.74 Å². The highest BCUT2D eigenvalue weighted by Gasteiger charge is 2.17. The molecule has 0 aliphatic carbocycles. The van der Waals surface area contributed by atoms with Crippen LogP contribution in [-0.2, 0) is 4.74 Å². The van der Waals surface area contributed by atoms with E-state index in [0.29, 0.717) is 17.4 Å². The van der Waals surface area contributed by atoms with Crippen molar-refractivity contribution in [3.05, 3.63) is 12.2 Å². The molecule has 0 unspecified atom stereocenters. The first-order valence-electron chi connectivity index (χ1n) is 6.12. The van der Waals surface area contributed by atoms with Crippen LogP contribution in [0.15, 0.2) is 12.2 Å². The molecule has 0 aliphatic heterocycles. The van der Waals surface area contributed by atoms with Gasteiger partial charge >= 0.3 is 0 Å². The van der Waals surface area contributed by atoms with Gasteiger partial charge in [0.1, 0.15) is 0 Å². The molecule has 0 amide bonds. The Morgan fingerprint density at radius 3 is 2.20 bits per heavy atom. The highest BCUT2D eigenvalue weighted by Crippen LogP contribution is 2.23. The van der Waals surface area contributed by atoms with E-state index >= 15 is 0 Å². The van der Waals surface area contributed by atoms with E-state index in [-0.39, 0.29) is 0 Å². The molecule has 0 atom stereocenters. The quantitative estimate of drug-likeness (QED) is 0.567. The average molecular weight is 212 g/mol. The van der Waals surface area contributed by atoms with E-state index in [1.807, 2.05) is 0 Å². The Hall–Kier alpha value is -0.300. The molecule has 0 aromatic heterocycles. The number of allylic oxidation sites excluding steroid dienone is 2. The van der Waals surface area contributed by atoms with Crippen molar-refractivity contribution in [2.75, 3.05) is 6.61 Å². The van der Waals surface area contributed by atoms with Crippen LogP contribution in [0, 0.1) is 11.3 Å². The second-order valence-electron chi connectivity index (χ2n) is 5.73. The van der Waals surface area contributed by atoms with E-state index in [1.165, 1.54) is 6.42 Å². The topological polar surface area (TPSA) is 9.23 Å². The molecule has 0 aromatic carbocycles. The molecule has 0 aromatic rings. The lowest BCUT2D eigenvalue weighted by Crippen LogP contribution is -2.21. The van der Waals surface area contributed by atoms with Gasteiger partial charge in [0, 0.05) is 0 Å². The lowest BCUT2D eigenvalue weighted by Gasteiger charge is -2.25. The van der Waals surface area contributed by atoms with Gasteiger partial charge in [-0.1, -0.05) is 39.8 Å². The summed E-state index contributed by atoms with van der Waals surface area (Å²) in [5.41, 5.74) is 0.297. The van der Waals surface area contributed by atoms with Gasteiger partial charge in [-0.15, -0.1) is 0 Å². The van der Waals surface area contributed by atoms with Crippen LogP contribution in [0.1, 0.15) is 54.4 Å². The Balaban J connectivity index is 3.73. The van der Waals surface area contributed by atoms with E-state index in [2.05, 4.69) is 53.7 Å². The fourth-order valence-electron chi connectivity index (χ4n) is 1.31. The van der Waals surface area contributed by atoms with Crippen molar-refractivity contribution in [2.45, 2.75) is 60.5 Å². The van der Waals surface area contributed by atoms with Crippen LogP contribution < -0.4 is 0 Å². The van der Waals surface area contributed by atoms with E-state index in [0.717, 1.165) is 13.0 Å². The smallest absolute Gasteiger partial charge is 0.0520 e. The van der Waals surface area contributed by atoms with Gasteiger partial charge in [-0.05, 0) is 38.0 Å². The predicted octanol–water partition coefficient (Wildman–Crippen LogP) is 4.43. The fourth-order valence-corrected chi connectivity index (χ4v) is 1.31. The van der Waals surface area contributed by atoms with Crippen molar-refractivity contribution < 1.29 is 4.74 Å². The van der Waals surface area contributed by atoms with Crippen molar-refractivity contribution >= 4 is 0 Å². The molecule has 0 heterocycles. The maximum Gasteiger partial charge on any atom is 0.0520 e. The Labute approximate surface area is 95.9 Å². The molecule has 1 heteroatoms. The molecule has 0 radical (unpaired) electrons. The zero-order valence-electron chi connectivity index (χ0n) is 11.3. The number of hydrogen-bond donors (Lipinski definition) is 0. The standard InChI is InChI=1S/C14H28O/c1-12(2)9-7-8-10-14(5,6)11-15-13(3)4/h7,9,12-13H,8,10-11H2,1-6H3/b9-7+. The molecule has 0 bridgehead atoms. The summed E-state index contributed by atoms with van der Waals surface area (Å²) in [5, 5.41) is 0. The van der Waals surface area contributed by atoms with Gasteiger partial charge in [-0.2, -0.15) is 0 Å². The van der Waals surface area contributed by atoms with Gasteiger partial charge in [0.05, 0.1) is 12.7 Å². The molecule has 0 spiro atoms. The van der Waals surface area contributed by atoms with Crippen LogP contribution in [0.5, 0.6) is 0 Å². The minimum absolute atomic E-state index is 0.297. The molecule has 0 fully saturated rings. The molecular formula is C14H28O. The van der Waals surface area contributed by atoms with Gasteiger partial charge in [-0.25, -0.2) is 0 Å². The van der Waals surface area contributed by atoms with Crippen LogP contribution in [-0.4, -0.2) is 12.7 Å². The first-order chi connectivity index (χ1) is 6.83. The maximum absolute atomic E-state index is 5.66. The minimum atomic E-state index is 0.297. The largest absolute Gasteiger partial charge is 0.378 e. The molecule has 0 saturated heterocycles. The Bertz CT molecular complexity index is 178. The van der Waals surface area contributed by atoms with E-state index < -0.39 is 0 Å². The monoisotopic (exact) mass is 212 g/mol. The van der Waals surface area contributed by atoms with E-state index in [9.17, 15) is 0 Å². The molecule has 0 aliphatic rings. The SMILES string of the molecule is CC(C)/C=C/CCC(C)(C)COC(C)C. The summed E-state index contributed by atoms with van der Waals surface area (Å²) >= 11 is 0. The van der Waals surface area contributed by atoms with Gasteiger partial charge in [0.25, 0.3) is 0 Å². The number of ether oxygens (including phenoxy) is 1.